The van der Waals surface area contributed by atoms with Gasteiger partial charge in [0.1, 0.15) is 24.4 Å². The summed E-state index contributed by atoms with van der Waals surface area (Å²) in [5.41, 5.74) is 0. The number of carbonyl (C=O) groups excluding carboxylic acids is 2. The number of amides is 1. The number of nitrogens with one attached hydrogen (secondary N) is 1. The maximum Gasteiger partial charge on any atom is 0.306 e. The summed E-state index contributed by atoms with van der Waals surface area (Å²) in [5.74, 6) is -1.27. The summed E-state index contributed by atoms with van der Waals surface area (Å²) in [6, 6.07) is -1.06. The van der Waals surface area contributed by atoms with Gasteiger partial charge in [0, 0.05) is 6.42 Å². The fourth-order valence-corrected chi connectivity index (χ4v) is 8.54. The van der Waals surface area contributed by atoms with Crippen LogP contribution in [0, 0.1) is 0 Å². The lowest BCUT2D eigenvalue weighted by molar-refractivity contribution is -0.305. The van der Waals surface area contributed by atoms with Crippen molar-refractivity contribution in [2.45, 2.75) is 269 Å². The van der Waals surface area contributed by atoms with Crippen LogP contribution in [0.2, 0.25) is 0 Å². The fraction of sp³-hybridized carbons (Fsp3) is 0.667. The summed E-state index contributed by atoms with van der Waals surface area (Å²) in [6.07, 6.45) is 62.3. The third-order valence-electron chi connectivity index (χ3n) is 13.3. The summed E-state index contributed by atoms with van der Waals surface area (Å²) in [7, 11) is 0. The quantitative estimate of drug-likeness (QED) is 0.0195. The van der Waals surface area contributed by atoms with Gasteiger partial charge in [0.05, 0.1) is 25.4 Å². The minimum atomic E-state index is -1.64. The van der Waals surface area contributed by atoms with Crippen LogP contribution in [0.5, 0.6) is 0 Å². The van der Waals surface area contributed by atoms with Gasteiger partial charge >= 0.3 is 5.97 Å². The van der Waals surface area contributed by atoms with Gasteiger partial charge in [-0.2, -0.15) is 0 Å². The number of unbranched alkanes of at least 4 members (excludes halogenated alkanes) is 17. The summed E-state index contributed by atoms with van der Waals surface area (Å²) < 4.78 is 17.5. The van der Waals surface area contributed by atoms with E-state index in [1.165, 1.54) is 57.8 Å². The van der Waals surface area contributed by atoms with Gasteiger partial charge in [0.2, 0.25) is 5.91 Å². The first-order valence-electron chi connectivity index (χ1n) is 30.3. The van der Waals surface area contributed by atoms with Gasteiger partial charge in [-0.1, -0.05) is 219 Å². The van der Waals surface area contributed by atoms with Crippen molar-refractivity contribution in [3.63, 3.8) is 0 Å². The molecule has 0 spiro atoms. The first-order valence-corrected chi connectivity index (χ1v) is 30.3. The second-order valence-corrected chi connectivity index (χ2v) is 20.3. The molecule has 8 atom stereocenters. The van der Waals surface area contributed by atoms with Crippen LogP contribution in [0.3, 0.4) is 0 Å². The van der Waals surface area contributed by atoms with Gasteiger partial charge in [0.25, 0.3) is 0 Å². The molecule has 77 heavy (non-hydrogen) atoms. The molecule has 1 heterocycles. The number of allylic oxidation sites excluding steroid dienone is 19. The molecule has 1 fully saturated rings. The number of esters is 1. The molecular formula is C66H109NO10. The molecule has 438 valence electrons. The van der Waals surface area contributed by atoms with Crippen LogP contribution >= 0.6 is 0 Å². The monoisotopic (exact) mass is 1080 g/mol. The minimum Gasteiger partial charge on any atom is -0.454 e. The highest BCUT2D eigenvalue weighted by atomic mass is 16.7. The summed E-state index contributed by atoms with van der Waals surface area (Å²) >= 11 is 0. The van der Waals surface area contributed by atoms with Gasteiger partial charge in [-0.15, -0.1) is 0 Å². The normalized spacial score (nSPS) is 19.9. The van der Waals surface area contributed by atoms with E-state index in [-0.39, 0.29) is 19.4 Å². The van der Waals surface area contributed by atoms with Crippen molar-refractivity contribution in [3.05, 3.63) is 122 Å². The highest BCUT2D eigenvalue weighted by molar-refractivity contribution is 5.80. The SMILES string of the molecule is CC/C=C\C/C=C\C/C=C\C/C=C\C/C=C\CCCCC(O)C(=O)NC(COC1OC(CO)C(O)C(O)C1OC(=O)CCCCC/C=C\C/C=C\C/C=C\C/C=C\CCCCC)C(O)/C=C/CCCCCCCCCCC. The first-order chi connectivity index (χ1) is 37.7. The highest BCUT2D eigenvalue weighted by Crippen LogP contribution is 2.26. The lowest BCUT2D eigenvalue weighted by Crippen LogP contribution is -2.61. The summed E-state index contributed by atoms with van der Waals surface area (Å²) in [5, 5.41) is 56.9. The zero-order valence-corrected chi connectivity index (χ0v) is 48.3. The average Bonchev–Trinajstić information content (AvgIpc) is 3.43. The molecule has 8 unspecified atom stereocenters. The Morgan fingerprint density at radius 3 is 1.43 bits per heavy atom. The molecule has 0 aliphatic carbocycles. The van der Waals surface area contributed by atoms with Gasteiger partial charge in [0.15, 0.2) is 12.4 Å². The largest absolute Gasteiger partial charge is 0.454 e. The lowest BCUT2D eigenvalue weighted by Gasteiger charge is -2.41. The molecule has 6 N–H and O–H groups in total. The number of hydrogen-bond donors (Lipinski definition) is 6. The average molecular weight is 1080 g/mol. The third-order valence-corrected chi connectivity index (χ3v) is 13.3. The van der Waals surface area contributed by atoms with E-state index in [0.29, 0.717) is 12.8 Å². The second kappa shape index (κ2) is 52.7. The second-order valence-electron chi connectivity index (χ2n) is 20.3. The zero-order chi connectivity index (χ0) is 56.1. The first kappa shape index (κ1) is 71.1. The smallest absolute Gasteiger partial charge is 0.306 e. The molecule has 11 heteroatoms. The maximum atomic E-state index is 13.4. The van der Waals surface area contributed by atoms with Crippen LogP contribution in [0.15, 0.2) is 122 Å². The van der Waals surface area contributed by atoms with Gasteiger partial charge in [-0.05, 0) is 116 Å². The lowest BCUT2D eigenvalue weighted by atomic mass is 9.99. The molecule has 1 amide bonds. The Morgan fingerprint density at radius 2 is 0.935 bits per heavy atom. The molecule has 11 nitrogen and oxygen atoms in total. The van der Waals surface area contributed by atoms with E-state index >= 15 is 0 Å². The van der Waals surface area contributed by atoms with Crippen molar-refractivity contribution in [1.82, 2.24) is 5.32 Å². The van der Waals surface area contributed by atoms with Crippen molar-refractivity contribution in [3.8, 4) is 0 Å². The van der Waals surface area contributed by atoms with Gasteiger partial charge in [-0.25, -0.2) is 0 Å². The number of ether oxygens (including phenoxy) is 3. The maximum absolute atomic E-state index is 13.4. The highest BCUT2D eigenvalue weighted by Gasteiger charge is 2.47. The van der Waals surface area contributed by atoms with Crippen molar-refractivity contribution in [2.24, 2.45) is 0 Å². The molecule has 1 aliphatic rings. The van der Waals surface area contributed by atoms with E-state index < -0.39 is 67.4 Å². The van der Waals surface area contributed by atoms with E-state index in [2.05, 4.69) is 135 Å². The molecule has 1 saturated heterocycles. The van der Waals surface area contributed by atoms with Crippen LogP contribution in [0.25, 0.3) is 0 Å². The number of aliphatic hydroxyl groups is 5. The molecule has 1 aliphatic heterocycles. The van der Waals surface area contributed by atoms with Crippen LogP contribution in [-0.2, 0) is 23.8 Å². The van der Waals surface area contributed by atoms with E-state index in [0.717, 1.165) is 116 Å². The topological polar surface area (TPSA) is 175 Å². The van der Waals surface area contributed by atoms with E-state index in [9.17, 15) is 35.1 Å². The number of rotatable bonds is 49. The van der Waals surface area contributed by atoms with E-state index in [1.54, 1.807) is 6.08 Å². The molecule has 0 saturated carbocycles. The van der Waals surface area contributed by atoms with Crippen LogP contribution in [-0.4, -0.2) is 99.6 Å². The Balaban J connectivity index is 2.74. The van der Waals surface area contributed by atoms with Crippen molar-refractivity contribution >= 4 is 11.9 Å². The fourth-order valence-electron chi connectivity index (χ4n) is 8.54. The molecule has 0 aromatic carbocycles. The Morgan fingerprint density at radius 1 is 0.519 bits per heavy atom. The van der Waals surface area contributed by atoms with Crippen molar-refractivity contribution in [2.75, 3.05) is 13.2 Å². The summed E-state index contributed by atoms with van der Waals surface area (Å²) in [4.78, 5) is 26.5. The standard InChI is InChI=1S/C66H109NO10/c1-4-7-10-13-16-19-22-24-26-28-30-32-34-36-39-42-45-48-51-54-61(71)77-64-63(73)62(72)60(55-68)76-66(64)75-56-57(58(69)52-49-46-43-40-37-21-18-15-12-9-6-3)67-65(74)59(70)53-50-47-44-41-38-35-33-31-29-27-25-23-20-17-14-11-8-5-2/h8,11,16-17,19-20,24-27,30-33,36,38-39,41,49,52,57-60,62-64,66,68-70,72-73H,4-7,9-10,12-15,18,21-23,28-29,34-35,37,40,42-48,50-51,53-56H2,1-3H3,(H,67,74)/b11-8-,19-16-,20-17-,26-24-,27-25-,32-30-,33-31-,39-36-,41-38-,52-49+. The molecule has 1 rings (SSSR count). The predicted molar refractivity (Wildman–Crippen MR) is 319 cm³/mol. The van der Waals surface area contributed by atoms with E-state index in [1.807, 2.05) is 6.08 Å². The third kappa shape index (κ3) is 40.8. The molecule has 0 bridgehead atoms. The minimum absolute atomic E-state index is 0.0748. The number of aliphatic hydroxyl groups excluding tert-OH is 5. The van der Waals surface area contributed by atoms with Crippen LogP contribution < -0.4 is 5.32 Å². The molecular weight excluding hydrogens is 967 g/mol. The molecule has 0 radical (unpaired) electrons. The Kier molecular flexibility index (Phi) is 48.7. The van der Waals surface area contributed by atoms with Crippen molar-refractivity contribution in [1.29, 1.82) is 0 Å². The van der Waals surface area contributed by atoms with Gasteiger partial charge < -0.3 is 45.1 Å². The van der Waals surface area contributed by atoms with Crippen LogP contribution in [0.4, 0.5) is 0 Å². The Bertz CT molecular complexity index is 1710. The number of carbonyl (C=O) groups is 2. The molecule has 0 aromatic rings. The van der Waals surface area contributed by atoms with Crippen LogP contribution in [0.1, 0.15) is 220 Å². The van der Waals surface area contributed by atoms with E-state index in [4.69, 9.17) is 14.2 Å². The van der Waals surface area contributed by atoms with Crippen molar-refractivity contribution < 1.29 is 49.3 Å². The Hall–Kier alpha value is -3.94. The zero-order valence-electron chi connectivity index (χ0n) is 48.3. The summed E-state index contributed by atoms with van der Waals surface area (Å²) in [6.45, 7) is 5.58. The van der Waals surface area contributed by atoms with Gasteiger partial charge in [-0.3, -0.25) is 9.59 Å². The predicted octanol–water partition coefficient (Wildman–Crippen LogP) is 14.3. The molecule has 0 aromatic heterocycles. The number of hydrogen-bond acceptors (Lipinski definition) is 10. The Labute approximate surface area is 468 Å².